The van der Waals surface area contributed by atoms with Gasteiger partial charge in [0.15, 0.2) is 11.6 Å². The number of likely N-dealkylation sites (tertiary alicyclic amines) is 2. The first-order valence-corrected chi connectivity index (χ1v) is 9.67. The molecule has 1 spiro atoms. The van der Waals surface area contributed by atoms with E-state index < -0.39 is 17.0 Å². The molecule has 2 amide bonds. The van der Waals surface area contributed by atoms with E-state index in [2.05, 4.69) is 0 Å². The standard InChI is InChI=1S/C20H25FN2O4/c21-16-3-2-14(12-17(16)24)18(25)22-9-7-20(13-22)6-1-8-23(19(20)26)15-4-10-27-11-5-15/h2-3,12,15,24H,1,4-11,13H2. The third-order valence-electron chi connectivity index (χ3n) is 6.23. The molecule has 1 aromatic rings. The van der Waals surface area contributed by atoms with Crippen LogP contribution in [-0.2, 0) is 9.53 Å². The third-order valence-corrected chi connectivity index (χ3v) is 6.23. The van der Waals surface area contributed by atoms with Gasteiger partial charge in [-0.15, -0.1) is 0 Å². The molecule has 3 heterocycles. The van der Waals surface area contributed by atoms with Crippen molar-refractivity contribution in [1.82, 2.24) is 9.80 Å². The van der Waals surface area contributed by atoms with Gasteiger partial charge in [-0.3, -0.25) is 9.59 Å². The summed E-state index contributed by atoms with van der Waals surface area (Å²) in [5.41, 5.74) is -0.260. The summed E-state index contributed by atoms with van der Waals surface area (Å²) in [6.45, 7) is 3.07. The summed E-state index contributed by atoms with van der Waals surface area (Å²) in [5.74, 6) is -1.38. The monoisotopic (exact) mass is 376 g/mol. The van der Waals surface area contributed by atoms with E-state index in [1.54, 1.807) is 4.90 Å². The van der Waals surface area contributed by atoms with Crippen molar-refractivity contribution in [1.29, 1.82) is 0 Å². The first kappa shape index (κ1) is 18.2. The molecule has 1 aromatic carbocycles. The zero-order valence-electron chi connectivity index (χ0n) is 15.3. The molecule has 146 valence electrons. The quantitative estimate of drug-likeness (QED) is 0.859. The van der Waals surface area contributed by atoms with Crippen molar-refractivity contribution in [3.05, 3.63) is 29.6 Å². The number of rotatable bonds is 2. The molecule has 0 radical (unpaired) electrons. The lowest BCUT2D eigenvalue weighted by atomic mass is 9.77. The van der Waals surface area contributed by atoms with Gasteiger partial charge in [0.2, 0.25) is 5.91 Å². The van der Waals surface area contributed by atoms with E-state index in [4.69, 9.17) is 4.74 Å². The highest BCUT2D eigenvalue weighted by atomic mass is 19.1. The molecule has 1 unspecified atom stereocenters. The summed E-state index contributed by atoms with van der Waals surface area (Å²) in [7, 11) is 0. The maximum atomic E-state index is 13.3. The maximum Gasteiger partial charge on any atom is 0.254 e. The lowest BCUT2D eigenvalue weighted by Crippen LogP contribution is -2.55. The zero-order valence-corrected chi connectivity index (χ0v) is 15.3. The Morgan fingerprint density at radius 3 is 2.74 bits per heavy atom. The summed E-state index contributed by atoms with van der Waals surface area (Å²) in [6, 6.07) is 3.86. The summed E-state index contributed by atoms with van der Waals surface area (Å²) >= 11 is 0. The molecule has 3 aliphatic rings. The number of hydrogen-bond acceptors (Lipinski definition) is 4. The molecule has 0 aromatic heterocycles. The molecule has 0 saturated carbocycles. The average Bonchev–Trinajstić information content (AvgIpc) is 3.11. The summed E-state index contributed by atoms with van der Waals surface area (Å²) in [5, 5.41) is 9.54. The van der Waals surface area contributed by atoms with Crippen molar-refractivity contribution in [2.75, 3.05) is 32.8 Å². The number of benzene rings is 1. The maximum absolute atomic E-state index is 13.3. The molecular weight excluding hydrogens is 351 g/mol. The van der Waals surface area contributed by atoms with E-state index in [9.17, 15) is 19.1 Å². The molecule has 4 rings (SSSR count). The number of nitrogens with zero attached hydrogens (tertiary/aromatic N) is 2. The molecule has 1 atom stereocenters. The normalized spacial score (nSPS) is 26.8. The number of hydrogen-bond donors (Lipinski definition) is 1. The number of aromatic hydroxyl groups is 1. The Hall–Kier alpha value is -2.15. The van der Waals surface area contributed by atoms with E-state index in [1.807, 2.05) is 4.90 Å². The Morgan fingerprint density at radius 1 is 1.22 bits per heavy atom. The van der Waals surface area contributed by atoms with Crippen LogP contribution in [0.4, 0.5) is 4.39 Å². The number of carbonyl (C=O) groups is 2. The first-order valence-electron chi connectivity index (χ1n) is 9.67. The number of amides is 2. The Labute approximate surface area is 157 Å². The first-order chi connectivity index (χ1) is 13.0. The summed E-state index contributed by atoms with van der Waals surface area (Å²) in [4.78, 5) is 29.8. The van der Waals surface area contributed by atoms with Gasteiger partial charge in [0.1, 0.15) is 0 Å². The van der Waals surface area contributed by atoms with E-state index >= 15 is 0 Å². The topological polar surface area (TPSA) is 70.1 Å². The highest BCUT2D eigenvalue weighted by molar-refractivity contribution is 5.96. The van der Waals surface area contributed by atoms with E-state index in [0.717, 1.165) is 44.4 Å². The third kappa shape index (κ3) is 3.29. The molecule has 0 bridgehead atoms. The lowest BCUT2D eigenvalue weighted by Gasteiger charge is -2.44. The van der Waals surface area contributed by atoms with Crippen LogP contribution in [0.25, 0.3) is 0 Å². The highest BCUT2D eigenvalue weighted by Gasteiger charge is 2.50. The summed E-state index contributed by atoms with van der Waals surface area (Å²) < 4.78 is 18.7. The molecule has 3 aliphatic heterocycles. The van der Waals surface area contributed by atoms with Crippen molar-refractivity contribution in [3.63, 3.8) is 0 Å². The minimum absolute atomic E-state index is 0.165. The van der Waals surface area contributed by atoms with Crippen LogP contribution < -0.4 is 0 Å². The average molecular weight is 376 g/mol. The van der Waals surface area contributed by atoms with Gasteiger partial charge in [-0.05, 0) is 50.3 Å². The Balaban J connectivity index is 1.49. The van der Waals surface area contributed by atoms with Crippen molar-refractivity contribution >= 4 is 11.8 Å². The Kier molecular flexibility index (Phi) is 4.80. The van der Waals surface area contributed by atoms with Gasteiger partial charge in [0, 0.05) is 44.5 Å². The minimum atomic E-state index is -0.751. The molecule has 3 fully saturated rings. The lowest BCUT2D eigenvalue weighted by molar-refractivity contribution is -0.150. The van der Waals surface area contributed by atoms with Crippen molar-refractivity contribution in [2.45, 2.75) is 38.1 Å². The van der Waals surface area contributed by atoms with Crippen LogP contribution in [-0.4, -0.2) is 65.6 Å². The van der Waals surface area contributed by atoms with Crippen LogP contribution in [0.1, 0.15) is 42.5 Å². The number of halogens is 1. The zero-order chi connectivity index (χ0) is 19.0. The van der Waals surface area contributed by atoms with Gasteiger partial charge in [0.05, 0.1) is 5.41 Å². The number of carbonyl (C=O) groups excluding carboxylic acids is 2. The summed E-state index contributed by atoms with van der Waals surface area (Å²) in [6.07, 6.45) is 4.15. The van der Waals surface area contributed by atoms with Crippen LogP contribution in [0.2, 0.25) is 0 Å². The van der Waals surface area contributed by atoms with Gasteiger partial charge in [-0.25, -0.2) is 4.39 Å². The van der Waals surface area contributed by atoms with Crippen LogP contribution in [0.15, 0.2) is 18.2 Å². The molecule has 1 N–H and O–H groups in total. The fraction of sp³-hybridized carbons (Fsp3) is 0.600. The fourth-order valence-electron chi connectivity index (χ4n) is 4.70. The molecule has 3 saturated heterocycles. The van der Waals surface area contributed by atoms with Crippen LogP contribution >= 0.6 is 0 Å². The van der Waals surface area contributed by atoms with Gasteiger partial charge in [0.25, 0.3) is 5.91 Å². The molecular formula is C20H25FN2O4. The van der Waals surface area contributed by atoms with Gasteiger partial charge in [-0.1, -0.05) is 0 Å². The van der Waals surface area contributed by atoms with Crippen molar-refractivity contribution in [2.24, 2.45) is 5.41 Å². The second kappa shape index (κ2) is 7.11. The largest absolute Gasteiger partial charge is 0.505 e. The smallest absolute Gasteiger partial charge is 0.254 e. The Morgan fingerprint density at radius 2 is 2.00 bits per heavy atom. The van der Waals surface area contributed by atoms with Gasteiger partial charge >= 0.3 is 0 Å². The van der Waals surface area contributed by atoms with Gasteiger partial charge < -0.3 is 19.6 Å². The SMILES string of the molecule is O=C(c1ccc(F)c(O)c1)N1CCC2(CCCN(C3CCOCC3)C2=O)C1. The number of piperidine rings is 1. The van der Waals surface area contributed by atoms with Crippen molar-refractivity contribution in [3.8, 4) is 5.75 Å². The van der Waals surface area contributed by atoms with E-state index in [-0.39, 0.29) is 23.4 Å². The number of ether oxygens (including phenoxy) is 1. The molecule has 7 heteroatoms. The van der Waals surface area contributed by atoms with Crippen molar-refractivity contribution < 1.29 is 23.8 Å². The van der Waals surface area contributed by atoms with E-state index in [0.29, 0.717) is 32.7 Å². The van der Waals surface area contributed by atoms with Crippen LogP contribution in [0.3, 0.4) is 0 Å². The second-order valence-corrected chi connectivity index (χ2v) is 7.87. The van der Waals surface area contributed by atoms with Crippen LogP contribution in [0, 0.1) is 11.2 Å². The predicted octanol–water partition coefficient (Wildman–Crippen LogP) is 2.17. The van der Waals surface area contributed by atoms with Gasteiger partial charge in [-0.2, -0.15) is 0 Å². The molecule has 6 nitrogen and oxygen atoms in total. The highest BCUT2D eigenvalue weighted by Crippen LogP contribution is 2.42. The molecule has 0 aliphatic carbocycles. The Bertz CT molecular complexity index is 749. The number of phenols is 1. The molecule has 27 heavy (non-hydrogen) atoms. The van der Waals surface area contributed by atoms with Crippen LogP contribution in [0.5, 0.6) is 5.75 Å². The second-order valence-electron chi connectivity index (χ2n) is 7.87. The minimum Gasteiger partial charge on any atom is -0.505 e. The van der Waals surface area contributed by atoms with E-state index in [1.165, 1.54) is 6.07 Å². The predicted molar refractivity (Wildman–Crippen MR) is 95.8 cm³/mol. The number of phenolic OH excluding ortho intramolecular Hbond substituents is 1. The fourth-order valence-corrected chi connectivity index (χ4v) is 4.70.